The number of hydrogen-bond donors (Lipinski definition) is 3. The number of benzene rings is 2. The van der Waals surface area contributed by atoms with Crippen LogP contribution in [0.15, 0.2) is 42.5 Å². The van der Waals surface area contributed by atoms with Gasteiger partial charge in [-0.25, -0.2) is 4.98 Å². The standard InChI is InChI=1S/C20H20N4O2/c21-19(26)15-5-6-16-17(11-15)24-20(23-16)14-3-1-12(2-4-14)18(25)13-7-9-22-10-8-13/h1-6,11,13,22H,7-10H2,(H2,21,26)(H,23,24). The lowest BCUT2D eigenvalue weighted by Crippen LogP contribution is -2.31. The number of aromatic amines is 1. The van der Waals surface area contributed by atoms with Crippen LogP contribution >= 0.6 is 0 Å². The van der Waals surface area contributed by atoms with E-state index in [-0.39, 0.29) is 11.7 Å². The third-order valence-electron chi connectivity index (χ3n) is 4.92. The van der Waals surface area contributed by atoms with Gasteiger partial charge in [0.2, 0.25) is 5.91 Å². The number of piperidine rings is 1. The van der Waals surface area contributed by atoms with Crippen LogP contribution in [0.3, 0.4) is 0 Å². The second-order valence-corrected chi connectivity index (χ2v) is 6.65. The molecule has 132 valence electrons. The van der Waals surface area contributed by atoms with Gasteiger partial charge in [-0.15, -0.1) is 0 Å². The van der Waals surface area contributed by atoms with E-state index in [1.807, 2.05) is 24.3 Å². The van der Waals surface area contributed by atoms with Crippen LogP contribution in [0.1, 0.15) is 33.6 Å². The van der Waals surface area contributed by atoms with E-state index >= 15 is 0 Å². The first kappa shape index (κ1) is 16.5. The minimum atomic E-state index is -0.469. The predicted octanol–water partition coefficient (Wildman–Crippen LogP) is 2.51. The Kier molecular flexibility index (Phi) is 4.26. The van der Waals surface area contributed by atoms with Crippen molar-refractivity contribution in [3.8, 4) is 11.4 Å². The molecule has 0 spiro atoms. The van der Waals surface area contributed by atoms with E-state index in [2.05, 4.69) is 15.3 Å². The molecule has 6 nitrogen and oxygen atoms in total. The average molecular weight is 348 g/mol. The molecule has 0 radical (unpaired) electrons. The number of rotatable bonds is 4. The highest BCUT2D eigenvalue weighted by atomic mass is 16.1. The number of H-pyrrole nitrogens is 1. The summed E-state index contributed by atoms with van der Waals surface area (Å²) in [5.74, 6) is 0.556. The Morgan fingerprint density at radius 3 is 2.38 bits per heavy atom. The lowest BCUT2D eigenvalue weighted by molar-refractivity contribution is 0.0894. The minimum absolute atomic E-state index is 0.112. The highest BCUT2D eigenvalue weighted by Gasteiger charge is 2.22. The van der Waals surface area contributed by atoms with Gasteiger partial charge in [0.25, 0.3) is 0 Å². The molecule has 0 aliphatic carbocycles. The maximum absolute atomic E-state index is 12.6. The summed E-state index contributed by atoms with van der Waals surface area (Å²) in [7, 11) is 0. The Hall–Kier alpha value is -2.99. The first-order valence-electron chi connectivity index (χ1n) is 8.77. The molecule has 0 atom stereocenters. The summed E-state index contributed by atoms with van der Waals surface area (Å²) < 4.78 is 0. The number of imidazole rings is 1. The van der Waals surface area contributed by atoms with Crippen molar-refractivity contribution in [2.75, 3.05) is 13.1 Å². The highest BCUT2D eigenvalue weighted by Crippen LogP contribution is 2.24. The van der Waals surface area contributed by atoms with Gasteiger partial charge in [-0.1, -0.05) is 24.3 Å². The van der Waals surface area contributed by atoms with Crippen molar-refractivity contribution in [3.63, 3.8) is 0 Å². The molecule has 0 saturated carbocycles. The Bertz CT molecular complexity index is 969. The van der Waals surface area contributed by atoms with E-state index < -0.39 is 5.91 Å². The first-order chi connectivity index (χ1) is 12.6. The molecule has 1 aliphatic rings. The normalized spacial score (nSPS) is 15.2. The molecule has 1 fully saturated rings. The summed E-state index contributed by atoms with van der Waals surface area (Å²) in [6.07, 6.45) is 1.79. The van der Waals surface area contributed by atoms with Gasteiger partial charge in [0, 0.05) is 22.6 Å². The van der Waals surface area contributed by atoms with E-state index in [4.69, 9.17) is 5.73 Å². The average Bonchev–Trinajstić information content (AvgIpc) is 3.11. The molecule has 1 saturated heterocycles. The molecule has 1 aromatic heterocycles. The van der Waals surface area contributed by atoms with Crippen molar-refractivity contribution >= 4 is 22.7 Å². The Labute approximate surface area is 150 Å². The molecule has 4 N–H and O–H groups in total. The number of primary amides is 1. The number of fused-ring (bicyclic) bond motifs is 1. The van der Waals surface area contributed by atoms with Gasteiger partial charge in [0.1, 0.15) is 5.82 Å². The van der Waals surface area contributed by atoms with Gasteiger partial charge in [-0.05, 0) is 44.1 Å². The lowest BCUT2D eigenvalue weighted by atomic mass is 9.89. The molecular weight excluding hydrogens is 328 g/mol. The van der Waals surface area contributed by atoms with E-state index in [1.54, 1.807) is 18.2 Å². The van der Waals surface area contributed by atoms with Crippen LogP contribution in [0, 0.1) is 5.92 Å². The van der Waals surface area contributed by atoms with Crippen molar-refractivity contribution in [2.45, 2.75) is 12.8 Å². The minimum Gasteiger partial charge on any atom is -0.366 e. The number of aromatic nitrogens is 2. The molecule has 6 heteroatoms. The zero-order chi connectivity index (χ0) is 18.1. The van der Waals surface area contributed by atoms with Crippen molar-refractivity contribution in [1.82, 2.24) is 15.3 Å². The van der Waals surface area contributed by atoms with E-state index in [0.29, 0.717) is 11.4 Å². The SMILES string of the molecule is NC(=O)c1ccc2nc(-c3ccc(C(=O)C4CCNCC4)cc3)[nH]c2c1. The van der Waals surface area contributed by atoms with Gasteiger partial charge in [0.05, 0.1) is 11.0 Å². The maximum atomic E-state index is 12.6. The topological polar surface area (TPSA) is 101 Å². The van der Waals surface area contributed by atoms with Gasteiger partial charge in [0.15, 0.2) is 5.78 Å². The van der Waals surface area contributed by atoms with Crippen molar-refractivity contribution in [1.29, 1.82) is 0 Å². The van der Waals surface area contributed by atoms with Crippen LogP contribution in [-0.4, -0.2) is 34.7 Å². The molecular formula is C20H20N4O2. The van der Waals surface area contributed by atoms with Gasteiger partial charge < -0.3 is 16.0 Å². The summed E-state index contributed by atoms with van der Waals surface area (Å²) in [5, 5.41) is 3.28. The monoisotopic (exact) mass is 348 g/mol. The van der Waals surface area contributed by atoms with E-state index in [0.717, 1.165) is 48.1 Å². The molecule has 0 bridgehead atoms. The van der Waals surface area contributed by atoms with E-state index in [1.165, 1.54) is 0 Å². The Morgan fingerprint density at radius 1 is 1.00 bits per heavy atom. The van der Waals surface area contributed by atoms with Crippen molar-refractivity contribution in [2.24, 2.45) is 11.7 Å². The van der Waals surface area contributed by atoms with Crippen LogP contribution in [0.5, 0.6) is 0 Å². The summed E-state index contributed by atoms with van der Waals surface area (Å²) in [5.41, 5.74) is 8.92. The number of hydrogen-bond acceptors (Lipinski definition) is 4. The number of nitrogens with zero attached hydrogens (tertiary/aromatic N) is 1. The lowest BCUT2D eigenvalue weighted by Gasteiger charge is -2.21. The molecule has 4 rings (SSSR count). The largest absolute Gasteiger partial charge is 0.366 e. The van der Waals surface area contributed by atoms with Crippen LogP contribution in [0.25, 0.3) is 22.4 Å². The number of carbonyl (C=O) groups excluding carboxylic acids is 2. The number of ketones is 1. The van der Waals surface area contributed by atoms with Crippen LogP contribution in [-0.2, 0) is 0 Å². The molecule has 3 aromatic rings. The summed E-state index contributed by atoms with van der Waals surface area (Å²) >= 11 is 0. The quantitative estimate of drug-likeness (QED) is 0.631. The first-order valence-corrected chi connectivity index (χ1v) is 8.77. The third-order valence-corrected chi connectivity index (χ3v) is 4.92. The summed E-state index contributed by atoms with van der Waals surface area (Å²) in [6, 6.07) is 12.7. The van der Waals surface area contributed by atoms with E-state index in [9.17, 15) is 9.59 Å². The molecule has 0 unspecified atom stereocenters. The Morgan fingerprint density at radius 2 is 1.69 bits per heavy atom. The fourth-order valence-electron chi connectivity index (χ4n) is 3.41. The molecule has 2 aromatic carbocycles. The van der Waals surface area contributed by atoms with Gasteiger partial charge in [-0.2, -0.15) is 0 Å². The second kappa shape index (κ2) is 6.72. The zero-order valence-corrected chi connectivity index (χ0v) is 14.3. The summed E-state index contributed by atoms with van der Waals surface area (Å²) in [6.45, 7) is 1.81. The smallest absolute Gasteiger partial charge is 0.248 e. The Balaban J connectivity index is 1.59. The highest BCUT2D eigenvalue weighted by molar-refractivity contribution is 5.98. The van der Waals surface area contributed by atoms with Gasteiger partial charge >= 0.3 is 0 Å². The number of nitrogens with one attached hydrogen (secondary N) is 2. The predicted molar refractivity (Wildman–Crippen MR) is 100.0 cm³/mol. The molecule has 2 heterocycles. The number of carbonyl (C=O) groups is 2. The summed E-state index contributed by atoms with van der Waals surface area (Å²) in [4.78, 5) is 31.7. The van der Waals surface area contributed by atoms with Gasteiger partial charge in [-0.3, -0.25) is 9.59 Å². The molecule has 1 aliphatic heterocycles. The number of amides is 1. The molecule has 1 amide bonds. The van der Waals surface area contributed by atoms with Crippen LogP contribution in [0.4, 0.5) is 0 Å². The molecule has 26 heavy (non-hydrogen) atoms. The number of Topliss-reactive ketones (excluding diaryl/α,β-unsaturated/α-hetero) is 1. The van der Waals surface area contributed by atoms with Crippen molar-refractivity contribution in [3.05, 3.63) is 53.6 Å². The third kappa shape index (κ3) is 3.11. The van der Waals surface area contributed by atoms with Crippen LogP contribution < -0.4 is 11.1 Å². The van der Waals surface area contributed by atoms with Crippen LogP contribution in [0.2, 0.25) is 0 Å². The second-order valence-electron chi connectivity index (χ2n) is 6.65. The fourth-order valence-corrected chi connectivity index (χ4v) is 3.41. The maximum Gasteiger partial charge on any atom is 0.248 e. The number of nitrogens with two attached hydrogens (primary N) is 1. The van der Waals surface area contributed by atoms with Crippen molar-refractivity contribution < 1.29 is 9.59 Å². The zero-order valence-electron chi connectivity index (χ0n) is 14.3. The fraction of sp³-hybridized carbons (Fsp3) is 0.250.